The zero-order valence-electron chi connectivity index (χ0n) is 18.6. The van der Waals surface area contributed by atoms with E-state index in [2.05, 4.69) is 5.10 Å². The van der Waals surface area contributed by atoms with Crippen LogP contribution >= 0.6 is 25.0 Å². The van der Waals surface area contributed by atoms with Crippen LogP contribution in [0.4, 0.5) is 4.39 Å². The molecule has 0 bridgehead atoms. The average molecular weight is 498 g/mol. The lowest BCUT2D eigenvalue weighted by molar-refractivity contribution is -0.147. The predicted molar refractivity (Wildman–Crippen MR) is 129 cm³/mol. The Morgan fingerprint density at radius 3 is 2.79 bits per heavy atom. The van der Waals surface area contributed by atoms with Crippen molar-refractivity contribution in [2.75, 3.05) is 26.8 Å². The van der Waals surface area contributed by atoms with Gasteiger partial charge in [0.1, 0.15) is 11.9 Å². The lowest BCUT2D eigenvalue weighted by atomic mass is 9.97. The summed E-state index contributed by atoms with van der Waals surface area (Å²) in [7, 11) is 1.31. The summed E-state index contributed by atoms with van der Waals surface area (Å²) in [6, 6.07) is 7.27. The minimum atomic E-state index is -0.840. The molecule has 2 aromatic rings. The maximum absolute atomic E-state index is 14.5. The van der Waals surface area contributed by atoms with Gasteiger partial charge in [0.25, 0.3) is 0 Å². The molecule has 180 valence electrons. The predicted octanol–water partition coefficient (Wildman–Crippen LogP) is 3.70. The SMILES string of the molecule is CCOC(=O)CCn1ccc(/C=C2\CN(C(C(=O)OC)c3ccccc3F)CC[C@H]2S)n1.Cl. The molecule has 10 heteroatoms. The second-order valence-electron chi connectivity index (χ2n) is 7.50. The molecule has 0 N–H and O–H groups in total. The Hall–Kier alpha value is -2.36. The quantitative estimate of drug-likeness (QED) is 0.443. The van der Waals surface area contributed by atoms with Crippen LogP contribution in [0.25, 0.3) is 6.08 Å². The van der Waals surface area contributed by atoms with Gasteiger partial charge in [0.05, 0.1) is 32.4 Å². The van der Waals surface area contributed by atoms with E-state index in [-0.39, 0.29) is 30.0 Å². The van der Waals surface area contributed by atoms with Crippen LogP contribution in [0.15, 0.2) is 42.1 Å². The molecule has 0 amide bonds. The van der Waals surface area contributed by atoms with E-state index >= 15 is 0 Å². The number of esters is 2. The van der Waals surface area contributed by atoms with Crippen LogP contribution in [0, 0.1) is 5.82 Å². The normalized spacial score (nSPS) is 18.4. The van der Waals surface area contributed by atoms with Gasteiger partial charge in [0, 0.05) is 30.1 Å². The number of carbonyl (C=O) groups is 2. The number of ether oxygens (including phenoxy) is 2. The number of nitrogens with zero attached hydrogens (tertiary/aromatic N) is 3. The molecular formula is C23H29ClFN3O4S. The number of thiol groups is 1. The van der Waals surface area contributed by atoms with Crippen LogP contribution in [0.5, 0.6) is 0 Å². The summed E-state index contributed by atoms with van der Waals surface area (Å²) in [4.78, 5) is 26.0. The van der Waals surface area contributed by atoms with E-state index in [4.69, 9.17) is 22.1 Å². The highest BCUT2D eigenvalue weighted by molar-refractivity contribution is 7.81. The Morgan fingerprint density at radius 1 is 1.33 bits per heavy atom. The Bertz CT molecular complexity index is 984. The van der Waals surface area contributed by atoms with Crippen molar-refractivity contribution < 1.29 is 23.5 Å². The summed E-state index contributed by atoms with van der Waals surface area (Å²) in [6.45, 7) is 3.56. The highest BCUT2D eigenvalue weighted by Gasteiger charge is 2.34. The fourth-order valence-electron chi connectivity index (χ4n) is 3.74. The van der Waals surface area contributed by atoms with E-state index in [1.165, 1.54) is 13.2 Å². The van der Waals surface area contributed by atoms with Gasteiger partial charge in [-0.2, -0.15) is 17.7 Å². The summed E-state index contributed by atoms with van der Waals surface area (Å²) < 4.78 is 26.1. The van der Waals surface area contributed by atoms with Crippen LogP contribution in [-0.4, -0.2) is 58.7 Å². The average Bonchev–Trinajstić information content (AvgIpc) is 3.23. The summed E-state index contributed by atoms with van der Waals surface area (Å²) in [6.07, 6.45) is 4.68. The van der Waals surface area contributed by atoms with Crippen molar-refractivity contribution >= 4 is 43.1 Å². The molecule has 1 aromatic heterocycles. The number of aryl methyl sites for hydroxylation is 1. The Labute approximate surface area is 204 Å². The molecule has 1 unspecified atom stereocenters. The molecule has 0 aliphatic carbocycles. The number of benzene rings is 1. The van der Waals surface area contributed by atoms with Crippen molar-refractivity contribution in [2.24, 2.45) is 0 Å². The largest absolute Gasteiger partial charge is 0.468 e. The maximum atomic E-state index is 14.5. The van der Waals surface area contributed by atoms with Gasteiger partial charge in [-0.15, -0.1) is 12.4 Å². The van der Waals surface area contributed by atoms with Crippen molar-refractivity contribution in [3.8, 4) is 0 Å². The molecule has 0 radical (unpaired) electrons. The van der Waals surface area contributed by atoms with Crippen molar-refractivity contribution in [3.63, 3.8) is 0 Å². The molecule has 1 fully saturated rings. The highest BCUT2D eigenvalue weighted by atomic mass is 35.5. The zero-order chi connectivity index (χ0) is 23.1. The van der Waals surface area contributed by atoms with Gasteiger partial charge >= 0.3 is 11.9 Å². The Kier molecular flexibility index (Phi) is 10.4. The molecule has 2 atom stereocenters. The van der Waals surface area contributed by atoms with Crippen LogP contribution in [0.1, 0.15) is 37.1 Å². The first-order valence-electron chi connectivity index (χ1n) is 10.6. The number of piperidine rings is 1. The van der Waals surface area contributed by atoms with Gasteiger partial charge in [-0.05, 0) is 37.1 Å². The molecule has 2 heterocycles. The molecule has 0 spiro atoms. The smallest absolute Gasteiger partial charge is 0.327 e. The van der Waals surface area contributed by atoms with Crippen LogP contribution in [0.3, 0.4) is 0 Å². The van der Waals surface area contributed by atoms with Crippen molar-refractivity contribution in [3.05, 3.63) is 59.2 Å². The standard InChI is InChI=1S/C23H28FN3O4S.ClH/c1-3-31-21(28)10-13-27-12-8-17(25-27)14-16-15-26(11-9-20(16)32)22(23(29)30-2)18-6-4-5-7-19(18)24;/h4-8,12,14,20,22,32H,3,9-11,13,15H2,1-2H3;1H/b16-14+;/t20-,22?;/m1./s1. The van der Waals surface area contributed by atoms with Crippen molar-refractivity contribution in [1.29, 1.82) is 0 Å². The minimum absolute atomic E-state index is 0. The van der Waals surface area contributed by atoms with Gasteiger partial charge in [-0.25, -0.2) is 9.18 Å². The first-order chi connectivity index (χ1) is 15.4. The topological polar surface area (TPSA) is 73.7 Å². The van der Waals surface area contributed by atoms with Gasteiger partial charge in [0.2, 0.25) is 0 Å². The molecule has 0 saturated carbocycles. The Morgan fingerprint density at radius 2 is 2.09 bits per heavy atom. The monoisotopic (exact) mass is 497 g/mol. The summed E-state index contributed by atoms with van der Waals surface area (Å²) in [5.74, 6) is -1.21. The summed E-state index contributed by atoms with van der Waals surface area (Å²) in [5.41, 5.74) is 1.99. The second kappa shape index (κ2) is 12.8. The van der Waals surface area contributed by atoms with E-state index in [9.17, 15) is 14.0 Å². The molecular weight excluding hydrogens is 469 g/mol. The summed E-state index contributed by atoms with van der Waals surface area (Å²) >= 11 is 4.70. The van der Waals surface area contributed by atoms with E-state index in [1.807, 2.05) is 17.0 Å². The molecule has 3 rings (SSSR count). The lowest BCUT2D eigenvalue weighted by Crippen LogP contribution is -2.42. The number of carbonyl (C=O) groups excluding carboxylic acids is 2. The lowest BCUT2D eigenvalue weighted by Gasteiger charge is -2.36. The van der Waals surface area contributed by atoms with E-state index in [0.29, 0.717) is 38.2 Å². The third-order valence-corrected chi connectivity index (χ3v) is 5.93. The third kappa shape index (κ3) is 7.06. The molecule has 1 aliphatic rings. The summed E-state index contributed by atoms with van der Waals surface area (Å²) in [5, 5.41) is 4.49. The molecule has 7 nitrogen and oxygen atoms in total. The van der Waals surface area contributed by atoms with E-state index in [1.54, 1.807) is 36.0 Å². The highest BCUT2D eigenvalue weighted by Crippen LogP contribution is 2.31. The van der Waals surface area contributed by atoms with E-state index < -0.39 is 17.8 Å². The number of rotatable bonds is 8. The minimum Gasteiger partial charge on any atom is -0.468 e. The molecule has 1 saturated heterocycles. The molecule has 1 aromatic carbocycles. The first kappa shape index (κ1) is 26.9. The number of likely N-dealkylation sites (tertiary alicyclic amines) is 1. The number of hydrogen-bond acceptors (Lipinski definition) is 7. The third-order valence-electron chi connectivity index (χ3n) is 5.34. The van der Waals surface area contributed by atoms with Crippen LogP contribution < -0.4 is 0 Å². The zero-order valence-corrected chi connectivity index (χ0v) is 20.4. The van der Waals surface area contributed by atoms with Gasteiger partial charge in [-0.3, -0.25) is 14.4 Å². The van der Waals surface area contributed by atoms with E-state index in [0.717, 1.165) is 11.3 Å². The van der Waals surface area contributed by atoms with Gasteiger partial charge < -0.3 is 9.47 Å². The fraction of sp³-hybridized carbons (Fsp3) is 0.435. The number of methoxy groups -OCH3 is 1. The maximum Gasteiger partial charge on any atom is 0.327 e. The number of halogens is 2. The van der Waals surface area contributed by atoms with Gasteiger partial charge in [-0.1, -0.05) is 18.2 Å². The van der Waals surface area contributed by atoms with Gasteiger partial charge in [0.15, 0.2) is 0 Å². The molecule has 33 heavy (non-hydrogen) atoms. The fourth-order valence-corrected chi connectivity index (χ4v) is 4.02. The van der Waals surface area contributed by atoms with Crippen LogP contribution in [-0.2, 0) is 25.6 Å². The molecule has 1 aliphatic heterocycles. The van der Waals surface area contributed by atoms with Crippen molar-refractivity contribution in [1.82, 2.24) is 14.7 Å². The van der Waals surface area contributed by atoms with Crippen LogP contribution in [0.2, 0.25) is 0 Å². The van der Waals surface area contributed by atoms with Crippen molar-refractivity contribution in [2.45, 2.75) is 37.6 Å². The Balaban J connectivity index is 0.00000385. The first-order valence-corrected chi connectivity index (χ1v) is 11.1. The second-order valence-corrected chi connectivity index (χ2v) is 8.12. The number of aromatic nitrogens is 2. The number of hydrogen-bond donors (Lipinski definition) is 1.